The highest BCUT2D eigenvalue weighted by molar-refractivity contribution is 8.76. The van der Waals surface area contributed by atoms with Gasteiger partial charge in [-0.1, -0.05) is 65.3 Å². The van der Waals surface area contributed by atoms with Gasteiger partial charge in [-0.05, 0) is 50.2 Å². The third kappa shape index (κ3) is 18.7. The lowest BCUT2D eigenvalue weighted by molar-refractivity contribution is -0.167. The summed E-state index contributed by atoms with van der Waals surface area (Å²) in [6, 6.07) is 9.85. The summed E-state index contributed by atoms with van der Waals surface area (Å²) in [5.41, 5.74) is 1.12. The van der Waals surface area contributed by atoms with E-state index in [4.69, 9.17) is 14.2 Å². The normalized spacial score (nSPS) is 12.9. The molecule has 0 aliphatic carbocycles. The first kappa shape index (κ1) is 36.8. The molecule has 232 valence electrons. The number of thioether (sulfide) groups is 1. The van der Waals surface area contributed by atoms with E-state index in [2.05, 4.69) is 15.4 Å². The van der Waals surface area contributed by atoms with Crippen LogP contribution >= 0.6 is 33.3 Å². The van der Waals surface area contributed by atoms with Crippen molar-refractivity contribution in [2.24, 2.45) is 5.92 Å². The fourth-order valence-electron chi connectivity index (χ4n) is 3.35. The number of unbranched alkanes of at least 4 members (excludes halogenated alkanes) is 1. The van der Waals surface area contributed by atoms with Gasteiger partial charge in [0.25, 0.3) is 0 Å². The Labute approximate surface area is 255 Å². The number of rotatable bonds is 21. The Bertz CT molecular complexity index is 894. The van der Waals surface area contributed by atoms with Crippen molar-refractivity contribution in [2.75, 3.05) is 43.3 Å². The van der Waals surface area contributed by atoms with E-state index in [0.717, 1.165) is 30.6 Å². The molecular weight excluding hydrogens is 589 g/mol. The lowest BCUT2D eigenvalue weighted by Crippen LogP contribution is -2.38. The maximum atomic E-state index is 13.0. The summed E-state index contributed by atoms with van der Waals surface area (Å²) >= 11 is 1.72. The van der Waals surface area contributed by atoms with Gasteiger partial charge in [-0.15, -0.1) is 0 Å². The Morgan fingerprint density at radius 1 is 0.951 bits per heavy atom. The van der Waals surface area contributed by atoms with Gasteiger partial charge in [0.1, 0.15) is 6.54 Å². The van der Waals surface area contributed by atoms with Crippen LogP contribution in [0.5, 0.6) is 0 Å². The molecule has 0 saturated carbocycles. The van der Waals surface area contributed by atoms with E-state index < -0.39 is 24.5 Å². The fourth-order valence-corrected chi connectivity index (χ4v) is 6.53. The summed E-state index contributed by atoms with van der Waals surface area (Å²) in [7, 11) is 3.16. The van der Waals surface area contributed by atoms with Crippen LogP contribution in [0.4, 0.5) is 9.59 Å². The average Bonchev–Trinajstić information content (AvgIpc) is 2.94. The summed E-state index contributed by atoms with van der Waals surface area (Å²) in [4.78, 5) is 48.7. The van der Waals surface area contributed by atoms with Gasteiger partial charge in [0.05, 0.1) is 13.2 Å². The molecule has 1 aromatic rings. The van der Waals surface area contributed by atoms with Gasteiger partial charge in [0.2, 0.25) is 12.2 Å². The van der Waals surface area contributed by atoms with Crippen LogP contribution < -0.4 is 10.6 Å². The second kappa shape index (κ2) is 23.3. The highest BCUT2D eigenvalue weighted by Gasteiger charge is 2.22. The van der Waals surface area contributed by atoms with Gasteiger partial charge < -0.3 is 29.6 Å². The van der Waals surface area contributed by atoms with Crippen LogP contribution in [0.3, 0.4) is 0 Å². The van der Waals surface area contributed by atoms with Crippen molar-refractivity contribution in [2.45, 2.75) is 65.2 Å². The molecule has 10 nitrogen and oxygen atoms in total. The summed E-state index contributed by atoms with van der Waals surface area (Å²) in [5.74, 6) is 0.759. The minimum atomic E-state index is -1.14. The Balaban J connectivity index is 2.62. The highest BCUT2D eigenvalue weighted by atomic mass is 33.1. The van der Waals surface area contributed by atoms with Gasteiger partial charge in [-0.3, -0.25) is 9.59 Å². The van der Waals surface area contributed by atoms with Crippen molar-refractivity contribution < 1.29 is 38.1 Å². The molecular formula is C28H44N2O8S3. The van der Waals surface area contributed by atoms with Crippen LogP contribution in [0, 0.1) is 5.92 Å². The molecule has 0 bridgehead atoms. The molecule has 0 aromatic heterocycles. The Morgan fingerprint density at radius 2 is 1.68 bits per heavy atom. The largest absolute Gasteiger partial charge is 0.511 e. The predicted octanol–water partition coefficient (Wildman–Crippen LogP) is 5.44. The van der Waals surface area contributed by atoms with Gasteiger partial charge in [-0.2, -0.15) is 11.8 Å². The first-order valence-corrected chi connectivity index (χ1v) is 17.7. The molecule has 1 aromatic carbocycles. The van der Waals surface area contributed by atoms with Gasteiger partial charge in [0.15, 0.2) is 0 Å². The monoisotopic (exact) mass is 632 g/mol. The number of alkyl carbamates (subject to hydrolysis) is 1. The van der Waals surface area contributed by atoms with Crippen molar-refractivity contribution >= 4 is 57.5 Å². The Hall–Kier alpha value is -2.25. The molecule has 3 atom stereocenters. The second-order valence-corrected chi connectivity index (χ2v) is 12.5. The summed E-state index contributed by atoms with van der Waals surface area (Å²) < 4.78 is 19.7. The van der Waals surface area contributed by atoms with Crippen LogP contribution in [0.15, 0.2) is 30.3 Å². The van der Waals surface area contributed by atoms with Crippen LogP contribution in [0.1, 0.15) is 52.0 Å². The summed E-state index contributed by atoms with van der Waals surface area (Å²) in [5, 5.41) is 5.60. The lowest BCUT2D eigenvalue weighted by atomic mass is 10.0. The minimum absolute atomic E-state index is 0.0424. The quantitative estimate of drug-likeness (QED) is 0.0591. The molecule has 0 aliphatic heterocycles. The SMILES string of the molecule is CCCCOC(=O)N[C@@H](CCSC)CSSC[C@@H](CCc1ccccc1)C(=O)NCC(=O)OC(C)OC(=O)OCC. The van der Waals surface area contributed by atoms with Gasteiger partial charge >= 0.3 is 18.2 Å². The van der Waals surface area contributed by atoms with Crippen molar-refractivity contribution in [1.29, 1.82) is 0 Å². The Morgan fingerprint density at radius 3 is 2.37 bits per heavy atom. The molecule has 41 heavy (non-hydrogen) atoms. The van der Waals surface area contributed by atoms with Crippen molar-refractivity contribution in [3.63, 3.8) is 0 Å². The smallest absolute Gasteiger partial charge is 0.450 e. The molecule has 0 heterocycles. The van der Waals surface area contributed by atoms with E-state index in [1.54, 1.807) is 40.3 Å². The number of amides is 2. The average molecular weight is 633 g/mol. The van der Waals surface area contributed by atoms with Crippen LogP contribution in [0.25, 0.3) is 0 Å². The maximum absolute atomic E-state index is 13.0. The molecule has 2 N–H and O–H groups in total. The van der Waals surface area contributed by atoms with Crippen LogP contribution in [-0.2, 0) is 35.0 Å². The number of carbonyl (C=O) groups is 4. The van der Waals surface area contributed by atoms with Crippen LogP contribution in [0.2, 0.25) is 0 Å². The molecule has 0 spiro atoms. The number of aryl methyl sites for hydroxylation is 1. The predicted molar refractivity (Wildman–Crippen MR) is 166 cm³/mol. The molecule has 0 radical (unpaired) electrons. The van der Waals surface area contributed by atoms with E-state index in [1.807, 2.05) is 43.5 Å². The zero-order chi connectivity index (χ0) is 30.3. The van der Waals surface area contributed by atoms with E-state index in [1.165, 1.54) is 6.92 Å². The maximum Gasteiger partial charge on any atom is 0.511 e. The first-order valence-electron chi connectivity index (χ1n) is 13.8. The first-order chi connectivity index (χ1) is 19.8. The number of nitrogens with one attached hydrogen (secondary N) is 2. The molecule has 1 unspecified atom stereocenters. The minimum Gasteiger partial charge on any atom is -0.450 e. The molecule has 0 aliphatic rings. The summed E-state index contributed by atoms with van der Waals surface area (Å²) in [6.45, 7) is 5.25. The van der Waals surface area contributed by atoms with Gasteiger partial charge in [-0.25, -0.2) is 9.59 Å². The van der Waals surface area contributed by atoms with Crippen molar-refractivity contribution in [3.8, 4) is 0 Å². The van der Waals surface area contributed by atoms with Gasteiger partial charge in [0, 0.05) is 30.4 Å². The molecule has 0 fully saturated rings. The van der Waals surface area contributed by atoms with E-state index in [0.29, 0.717) is 31.0 Å². The number of hydrogen-bond donors (Lipinski definition) is 2. The second-order valence-electron chi connectivity index (χ2n) is 8.98. The molecule has 13 heteroatoms. The third-order valence-corrected chi connectivity index (χ3v) is 8.77. The molecule has 1 rings (SSSR count). The Kier molecular flexibility index (Phi) is 20.9. The number of esters is 1. The zero-order valence-corrected chi connectivity index (χ0v) is 26.8. The summed E-state index contributed by atoms with van der Waals surface area (Å²) in [6.07, 6.45) is 3.46. The third-order valence-electron chi connectivity index (χ3n) is 5.57. The number of ether oxygens (including phenoxy) is 4. The number of hydrogen-bond acceptors (Lipinski definition) is 11. The number of benzene rings is 1. The topological polar surface area (TPSA) is 129 Å². The standard InChI is InChI=1S/C28H44N2O8S3/c1-5-7-16-36-27(33)30-24(15-17-39-4)20-41-40-19-23(14-13-22-11-9-8-10-12-22)26(32)29-18-25(31)37-21(3)38-28(34)35-6-2/h8-12,21,23-24H,5-7,13-20H2,1-4H3,(H,29,32)(H,30,33)/t21?,23-,24+/m1/s1. The van der Waals surface area contributed by atoms with Crippen molar-refractivity contribution in [1.82, 2.24) is 10.6 Å². The van der Waals surface area contributed by atoms with E-state index in [-0.39, 0.29) is 31.0 Å². The fraction of sp³-hybridized carbons (Fsp3) is 0.643. The van der Waals surface area contributed by atoms with E-state index >= 15 is 0 Å². The molecule has 0 saturated heterocycles. The van der Waals surface area contributed by atoms with Crippen molar-refractivity contribution in [3.05, 3.63) is 35.9 Å². The van der Waals surface area contributed by atoms with Crippen LogP contribution in [-0.4, -0.2) is 79.7 Å². The number of carbonyl (C=O) groups excluding carboxylic acids is 4. The zero-order valence-electron chi connectivity index (χ0n) is 24.4. The highest BCUT2D eigenvalue weighted by Crippen LogP contribution is 2.27. The molecule has 2 amide bonds. The van der Waals surface area contributed by atoms with E-state index in [9.17, 15) is 19.2 Å². The lowest BCUT2D eigenvalue weighted by Gasteiger charge is -2.19.